The standard InChI is InChI=1S/C12H14ClN3O2/c1-12(2,3)18-9(17)7-16-6-8-4-5-14-11(13)10(8)15-16/h4-6H,7H2,1-3H3. The summed E-state index contributed by atoms with van der Waals surface area (Å²) in [4.78, 5) is 15.6. The van der Waals surface area contributed by atoms with Crippen molar-refractivity contribution in [2.75, 3.05) is 0 Å². The van der Waals surface area contributed by atoms with Gasteiger partial charge in [0.05, 0.1) is 0 Å². The van der Waals surface area contributed by atoms with Crippen LogP contribution in [0.1, 0.15) is 20.8 Å². The Kier molecular flexibility index (Phi) is 3.26. The number of nitrogens with zero attached hydrogens (tertiary/aromatic N) is 3. The van der Waals surface area contributed by atoms with E-state index in [9.17, 15) is 4.79 Å². The molecule has 2 rings (SSSR count). The molecule has 0 amide bonds. The minimum atomic E-state index is -0.497. The molecule has 2 aromatic rings. The lowest BCUT2D eigenvalue weighted by Crippen LogP contribution is -2.26. The van der Waals surface area contributed by atoms with Crippen LogP contribution in [0.15, 0.2) is 18.5 Å². The highest BCUT2D eigenvalue weighted by molar-refractivity contribution is 6.33. The van der Waals surface area contributed by atoms with Gasteiger partial charge < -0.3 is 4.74 Å². The van der Waals surface area contributed by atoms with E-state index in [1.165, 1.54) is 4.68 Å². The van der Waals surface area contributed by atoms with Crippen LogP contribution in [-0.4, -0.2) is 26.3 Å². The van der Waals surface area contributed by atoms with Crippen LogP contribution in [0.4, 0.5) is 0 Å². The van der Waals surface area contributed by atoms with E-state index in [1.54, 1.807) is 18.5 Å². The molecule has 6 heteroatoms. The highest BCUT2D eigenvalue weighted by Gasteiger charge is 2.17. The first-order valence-corrected chi connectivity index (χ1v) is 5.92. The average molecular weight is 268 g/mol. The minimum Gasteiger partial charge on any atom is -0.459 e. The number of ether oxygens (including phenoxy) is 1. The lowest BCUT2D eigenvalue weighted by Gasteiger charge is -2.19. The van der Waals surface area contributed by atoms with Gasteiger partial charge in [-0.3, -0.25) is 9.48 Å². The Hall–Kier alpha value is -1.62. The van der Waals surface area contributed by atoms with Crippen LogP contribution in [-0.2, 0) is 16.1 Å². The van der Waals surface area contributed by atoms with Crippen molar-refractivity contribution in [1.29, 1.82) is 0 Å². The number of halogens is 1. The molecule has 0 aliphatic heterocycles. The average Bonchev–Trinajstić information content (AvgIpc) is 2.58. The summed E-state index contributed by atoms with van der Waals surface area (Å²) in [6, 6.07) is 1.79. The summed E-state index contributed by atoms with van der Waals surface area (Å²) < 4.78 is 6.73. The van der Waals surface area contributed by atoms with E-state index >= 15 is 0 Å². The van der Waals surface area contributed by atoms with Gasteiger partial charge in [-0.2, -0.15) is 5.10 Å². The molecule has 0 saturated heterocycles. The highest BCUT2D eigenvalue weighted by Crippen LogP contribution is 2.18. The van der Waals surface area contributed by atoms with Crippen LogP contribution in [0.2, 0.25) is 5.15 Å². The maximum absolute atomic E-state index is 11.7. The Labute approximate surface area is 110 Å². The third-order valence-electron chi connectivity index (χ3n) is 2.14. The quantitative estimate of drug-likeness (QED) is 0.619. The van der Waals surface area contributed by atoms with Gasteiger partial charge in [0, 0.05) is 17.8 Å². The first-order valence-electron chi connectivity index (χ1n) is 5.55. The summed E-state index contributed by atoms with van der Waals surface area (Å²) >= 11 is 5.91. The van der Waals surface area contributed by atoms with Gasteiger partial charge in [-0.15, -0.1) is 0 Å². The van der Waals surface area contributed by atoms with Gasteiger partial charge in [-0.05, 0) is 26.8 Å². The summed E-state index contributed by atoms with van der Waals surface area (Å²) in [6.45, 7) is 5.53. The Morgan fingerprint density at radius 3 is 2.83 bits per heavy atom. The largest absolute Gasteiger partial charge is 0.459 e. The van der Waals surface area contributed by atoms with Crippen LogP contribution in [0, 0.1) is 0 Å². The normalized spacial score (nSPS) is 11.8. The molecule has 0 radical (unpaired) electrons. The molecule has 0 atom stereocenters. The van der Waals surface area contributed by atoms with E-state index in [4.69, 9.17) is 16.3 Å². The fraction of sp³-hybridized carbons (Fsp3) is 0.417. The SMILES string of the molecule is CC(C)(C)OC(=O)Cn1cc2ccnc(Cl)c2n1. The number of aromatic nitrogens is 3. The minimum absolute atomic E-state index is 0.0578. The lowest BCUT2D eigenvalue weighted by molar-refractivity contribution is -0.155. The van der Waals surface area contributed by atoms with Crippen molar-refractivity contribution in [2.45, 2.75) is 32.9 Å². The number of carbonyl (C=O) groups is 1. The van der Waals surface area contributed by atoms with Crippen LogP contribution in [0.3, 0.4) is 0 Å². The molecule has 0 spiro atoms. The second-order valence-corrected chi connectivity index (χ2v) is 5.31. The number of fused-ring (bicyclic) bond motifs is 1. The van der Waals surface area contributed by atoms with Gasteiger partial charge in [-0.1, -0.05) is 11.6 Å². The number of pyridine rings is 1. The van der Waals surface area contributed by atoms with E-state index in [1.807, 2.05) is 20.8 Å². The van der Waals surface area contributed by atoms with E-state index < -0.39 is 5.60 Å². The summed E-state index contributed by atoms with van der Waals surface area (Å²) in [5, 5.41) is 5.38. The second-order valence-electron chi connectivity index (χ2n) is 4.95. The van der Waals surface area contributed by atoms with Crippen LogP contribution >= 0.6 is 11.6 Å². The van der Waals surface area contributed by atoms with Crippen molar-refractivity contribution in [3.05, 3.63) is 23.6 Å². The van der Waals surface area contributed by atoms with E-state index in [2.05, 4.69) is 10.1 Å². The maximum Gasteiger partial charge on any atom is 0.328 e. The smallest absolute Gasteiger partial charge is 0.328 e. The fourth-order valence-electron chi connectivity index (χ4n) is 1.55. The van der Waals surface area contributed by atoms with Gasteiger partial charge in [0.1, 0.15) is 17.7 Å². The van der Waals surface area contributed by atoms with Gasteiger partial charge in [0.15, 0.2) is 5.15 Å². The van der Waals surface area contributed by atoms with E-state index in [0.29, 0.717) is 10.7 Å². The zero-order valence-electron chi connectivity index (χ0n) is 10.5. The summed E-state index contributed by atoms with van der Waals surface area (Å²) in [7, 11) is 0. The second kappa shape index (κ2) is 4.57. The molecule has 2 aromatic heterocycles. The predicted molar refractivity (Wildman–Crippen MR) is 68.4 cm³/mol. The number of carbonyl (C=O) groups excluding carboxylic acids is 1. The molecule has 0 aromatic carbocycles. The van der Waals surface area contributed by atoms with Crippen molar-refractivity contribution in [1.82, 2.24) is 14.8 Å². The number of esters is 1. The first-order chi connectivity index (χ1) is 8.35. The third kappa shape index (κ3) is 2.98. The molecule has 0 fully saturated rings. The third-order valence-corrected chi connectivity index (χ3v) is 2.42. The lowest BCUT2D eigenvalue weighted by atomic mass is 10.2. The van der Waals surface area contributed by atoms with Gasteiger partial charge >= 0.3 is 5.97 Å². The van der Waals surface area contributed by atoms with Gasteiger partial charge in [-0.25, -0.2) is 4.98 Å². The van der Waals surface area contributed by atoms with Crippen LogP contribution in [0.25, 0.3) is 10.9 Å². The maximum atomic E-state index is 11.7. The number of rotatable bonds is 2. The summed E-state index contributed by atoms with van der Waals surface area (Å²) in [5.74, 6) is -0.334. The Bertz CT molecular complexity index is 587. The van der Waals surface area contributed by atoms with Gasteiger partial charge in [0.2, 0.25) is 0 Å². The molecule has 5 nitrogen and oxygen atoms in total. The molecule has 96 valence electrons. The van der Waals surface area contributed by atoms with Crippen molar-refractivity contribution in [2.24, 2.45) is 0 Å². The zero-order valence-corrected chi connectivity index (χ0v) is 11.2. The molecule has 0 N–H and O–H groups in total. The van der Waals surface area contributed by atoms with Gasteiger partial charge in [0.25, 0.3) is 0 Å². The number of hydrogen-bond donors (Lipinski definition) is 0. The van der Waals surface area contributed by atoms with E-state index in [-0.39, 0.29) is 12.5 Å². The predicted octanol–water partition coefficient (Wildman–Crippen LogP) is 2.43. The molecule has 0 aliphatic rings. The van der Waals surface area contributed by atoms with Crippen LogP contribution in [0.5, 0.6) is 0 Å². The fourth-order valence-corrected chi connectivity index (χ4v) is 1.75. The summed E-state index contributed by atoms with van der Waals surface area (Å²) in [6.07, 6.45) is 3.34. The topological polar surface area (TPSA) is 57.0 Å². The molecular formula is C12H14ClN3O2. The Morgan fingerprint density at radius 2 is 2.22 bits per heavy atom. The van der Waals surface area contributed by atoms with Crippen molar-refractivity contribution in [3.63, 3.8) is 0 Å². The van der Waals surface area contributed by atoms with Crippen molar-refractivity contribution < 1.29 is 9.53 Å². The highest BCUT2D eigenvalue weighted by atomic mass is 35.5. The summed E-state index contributed by atoms with van der Waals surface area (Å²) in [5.41, 5.74) is 0.0887. The molecule has 0 bridgehead atoms. The molecule has 0 saturated carbocycles. The first kappa shape index (κ1) is 12.8. The molecule has 18 heavy (non-hydrogen) atoms. The molecular weight excluding hydrogens is 254 g/mol. The van der Waals surface area contributed by atoms with Crippen LogP contribution < -0.4 is 0 Å². The molecule has 0 unspecified atom stereocenters. The monoisotopic (exact) mass is 267 g/mol. The Morgan fingerprint density at radius 1 is 1.50 bits per heavy atom. The molecule has 0 aliphatic carbocycles. The van der Waals surface area contributed by atoms with Crippen molar-refractivity contribution >= 4 is 28.5 Å². The zero-order chi connectivity index (χ0) is 13.3. The van der Waals surface area contributed by atoms with Crippen molar-refractivity contribution in [3.8, 4) is 0 Å². The number of hydrogen-bond acceptors (Lipinski definition) is 4. The Balaban J connectivity index is 2.18. The molecule has 2 heterocycles. The van der Waals surface area contributed by atoms with E-state index in [0.717, 1.165) is 5.39 Å².